The van der Waals surface area contributed by atoms with Crippen molar-refractivity contribution in [3.63, 3.8) is 0 Å². The normalized spacial score (nSPS) is 19.0. The molecule has 0 radical (unpaired) electrons. The molecule has 2 atom stereocenters. The summed E-state index contributed by atoms with van der Waals surface area (Å²) in [6.07, 6.45) is 1.12. The summed E-state index contributed by atoms with van der Waals surface area (Å²) in [5.41, 5.74) is 3.53. The molecule has 0 unspecified atom stereocenters. The molecule has 0 N–H and O–H groups in total. The summed E-state index contributed by atoms with van der Waals surface area (Å²) in [5, 5.41) is 0.530. The SMILES string of the molecule is CC[C@@H](C)c1ccccc1N1C[C@H](C(=O)OCc2cc(Cl)cc3c2OCOC3)CC1=O. The second-order valence-electron chi connectivity index (χ2n) is 8.05. The van der Waals surface area contributed by atoms with Crippen LogP contribution in [0.25, 0.3) is 0 Å². The third kappa shape index (κ3) is 4.55. The van der Waals surface area contributed by atoms with Gasteiger partial charge in [0, 0.05) is 34.8 Å². The number of nitrogens with zero attached hydrogens (tertiary/aromatic N) is 1. The summed E-state index contributed by atoms with van der Waals surface area (Å²) in [5.74, 6) is 0.0239. The summed E-state index contributed by atoms with van der Waals surface area (Å²) < 4.78 is 16.4. The number of fused-ring (bicyclic) bond motifs is 1. The van der Waals surface area contributed by atoms with Gasteiger partial charge >= 0.3 is 5.97 Å². The number of amides is 1. The van der Waals surface area contributed by atoms with Crippen LogP contribution in [0.4, 0.5) is 5.69 Å². The topological polar surface area (TPSA) is 65.1 Å². The van der Waals surface area contributed by atoms with E-state index in [0.717, 1.165) is 23.2 Å². The van der Waals surface area contributed by atoms with Crippen molar-refractivity contribution in [3.05, 3.63) is 58.1 Å². The summed E-state index contributed by atoms with van der Waals surface area (Å²) in [4.78, 5) is 27.2. The lowest BCUT2D eigenvalue weighted by Crippen LogP contribution is -2.27. The molecule has 2 aromatic carbocycles. The Labute approximate surface area is 187 Å². The van der Waals surface area contributed by atoms with Gasteiger partial charge in [-0.05, 0) is 36.1 Å². The molecule has 0 aromatic heterocycles. The zero-order valence-electron chi connectivity index (χ0n) is 17.7. The number of anilines is 1. The maximum atomic E-state index is 12.8. The van der Waals surface area contributed by atoms with Gasteiger partial charge in [-0.15, -0.1) is 0 Å². The van der Waals surface area contributed by atoms with Gasteiger partial charge < -0.3 is 19.1 Å². The predicted octanol–water partition coefficient (Wildman–Crippen LogP) is 4.82. The standard InChI is InChI=1S/C24H26ClNO5/c1-3-15(2)20-6-4-5-7-21(20)26-11-16(10-22(26)27)24(28)30-13-18-9-19(25)8-17-12-29-14-31-23(17)18/h4-9,15-16H,3,10-14H2,1-2H3/t15-,16-/m1/s1. The Morgan fingerprint density at radius 2 is 2.13 bits per heavy atom. The van der Waals surface area contributed by atoms with Crippen LogP contribution in [-0.4, -0.2) is 25.2 Å². The number of benzene rings is 2. The number of hydrogen-bond donors (Lipinski definition) is 0. The molecule has 1 saturated heterocycles. The number of carbonyl (C=O) groups excluding carboxylic acids is 2. The second kappa shape index (κ2) is 9.28. The zero-order chi connectivity index (χ0) is 22.0. The maximum Gasteiger partial charge on any atom is 0.311 e. The highest BCUT2D eigenvalue weighted by Crippen LogP contribution is 2.35. The van der Waals surface area contributed by atoms with Gasteiger partial charge in [0.1, 0.15) is 12.4 Å². The molecule has 2 heterocycles. The van der Waals surface area contributed by atoms with Gasteiger partial charge in [-0.3, -0.25) is 9.59 Å². The molecule has 31 heavy (non-hydrogen) atoms. The second-order valence-corrected chi connectivity index (χ2v) is 8.48. The Morgan fingerprint density at radius 3 is 2.94 bits per heavy atom. The lowest BCUT2D eigenvalue weighted by Gasteiger charge is -2.23. The lowest BCUT2D eigenvalue weighted by atomic mass is 9.96. The van der Waals surface area contributed by atoms with E-state index in [1.807, 2.05) is 18.2 Å². The van der Waals surface area contributed by atoms with Gasteiger partial charge in [0.05, 0.1) is 12.5 Å². The fraction of sp³-hybridized carbons (Fsp3) is 0.417. The summed E-state index contributed by atoms with van der Waals surface area (Å²) >= 11 is 6.18. The van der Waals surface area contributed by atoms with Crippen molar-refractivity contribution in [1.29, 1.82) is 0 Å². The summed E-state index contributed by atoms with van der Waals surface area (Å²) in [6.45, 7) is 5.18. The van der Waals surface area contributed by atoms with E-state index in [0.29, 0.717) is 35.4 Å². The van der Waals surface area contributed by atoms with Crippen molar-refractivity contribution < 1.29 is 23.8 Å². The third-order valence-corrected chi connectivity index (χ3v) is 6.17. The van der Waals surface area contributed by atoms with Crippen molar-refractivity contribution in [3.8, 4) is 5.75 Å². The van der Waals surface area contributed by atoms with Crippen LogP contribution in [0.3, 0.4) is 0 Å². The van der Waals surface area contributed by atoms with E-state index in [4.69, 9.17) is 25.8 Å². The number of halogens is 1. The number of rotatable bonds is 6. The molecule has 6 nitrogen and oxygen atoms in total. The number of esters is 1. The Hall–Kier alpha value is -2.57. The largest absolute Gasteiger partial charge is 0.467 e. The monoisotopic (exact) mass is 443 g/mol. The first-order valence-electron chi connectivity index (χ1n) is 10.6. The summed E-state index contributed by atoms with van der Waals surface area (Å²) in [6, 6.07) is 11.4. The van der Waals surface area contributed by atoms with Crippen molar-refractivity contribution >= 4 is 29.2 Å². The van der Waals surface area contributed by atoms with E-state index in [1.54, 1.807) is 17.0 Å². The molecular weight excluding hydrogens is 418 g/mol. The average molecular weight is 444 g/mol. The van der Waals surface area contributed by atoms with Crippen LogP contribution in [0.15, 0.2) is 36.4 Å². The number of ether oxygens (including phenoxy) is 3. The molecule has 0 spiro atoms. The molecule has 0 bridgehead atoms. The van der Waals surface area contributed by atoms with E-state index < -0.39 is 11.9 Å². The van der Waals surface area contributed by atoms with Gasteiger partial charge in [0.2, 0.25) is 5.91 Å². The quantitative estimate of drug-likeness (QED) is 0.599. The minimum atomic E-state index is -0.503. The molecule has 2 aliphatic rings. The highest BCUT2D eigenvalue weighted by Gasteiger charge is 2.37. The molecule has 1 fully saturated rings. The molecule has 164 valence electrons. The first kappa shape index (κ1) is 21.7. The molecule has 0 saturated carbocycles. The molecule has 7 heteroatoms. The Kier molecular flexibility index (Phi) is 6.49. The zero-order valence-corrected chi connectivity index (χ0v) is 18.5. The smallest absolute Gasteiger partial charge is 0.311 e. The predicted molar refractivity (Wildman–Crippen MR) is 117 cm³/mol. The van der Waals surface area contributed by atoms with E-state index in [2.05, 4.69) is 19.9 Å². The average Bonchev–Trinajstić information content (AvgIpc) is 3.18. The molecule has 2 aliphatic heterocycles. The number of carbonyl (C=O) groups is 2. The molecule has 2 aromatic rings. The van der Waals surface area contributed by atoms with Crippen LogP contribution in [0, 0.1) is 5.92 Å². The highest BCUT2D eigenvalue weighted by atomic mass is 35.5. The molecule has 4 rings (SSSR count). The molecular formula is C24H26ClNO5. The van der Waals surface area contributed by atoms with Crippen LogP contribution in [0.2, 0.25) is 5.02 Å². The Balaban J connectivity index is 1.45. The van der Waals surface area contributed by atoms with Gasteiger partial charge in [-0.25, -0.2) is 0 Å². The van der Waals surface area contributed by atoms with Gasteiger partial charge in [-0.2, -0.15) is 0 Å². The number of hydrogen-bond acceptors (Lipinski definition) is 5. The van der Waals surface area contributed by atoms with E-state index in [1.165, 1.54) is 0 Å². The first-order chi connectivity index (χ1) is 15.0. The fourth-order valence-corrected chi connectivity index (χ4v) is 4.36. The van der Waals surface area contributed by atoms with Crippen LogP contribution in [0.1, 0.15) is 49.3 Å². The van der Waals surface area contributed by atoms with Crippen molar-refractivity contribution in [2.45, 2.75) is 45.8 Å². The number of para-hydroxylation sites is 1. The first-order valence-corrected chi connectivity index (χ1v) is 10.9. The minimum Gasteiger partial charge on any atom is -0.467 e. The van der Waals surface area contributed by atoms with Crippen LogP contribution in [-0.2, 0) is 32.3 Å². The Morgan fingerprint density at radius 1 is 1.32 bits per heavy atom. The van der Waals surface area contributed by atoms with Gasteiger partial charge in [0.25, 0.3) is 0 Å². The van der Waals surface area contributed by atoms with Crippen LogP contribution in [0.5, 0.6) is 5.75 Å². The van der Waals surface area contributed by atoms with Crippen molar-refractivity contribution in [1.82, 2.24) is 0 Å². The van der Waals surface area contributed by atoms with E-state index in [-0.39, 0.29) is 25.7 Å². The van der Waals surface area contributed by atoms with Crippen molar-refractivity contribution in [2.24, 2.45) is 5.92 Å². The van der Waals surface area contributed by atoms with Crippen LogP contribution >= 0.6 is 11.6 Å². The summed E-state index contributed by atoms with van der Waals surface area (Å²) in [7, 11) is 0. The van der Waals surface area contributed by atoms with Gasteiger partial charge in [0.15, 0.2) is 6.79 Å². The fourth-order valence-electron chi connectivity index (χ4n) is 4.10. The molecule has 0 aliphatic carbocycles. The molecule has 1 amide bonds. The van der Waals surface area contributed by atoms with Gasteiger partial charge in [-0.1, -0.05) is 43.6 Å². The minimum absolute atomic E-state index is 0.0376. The third-order valence-electron chi connectivity index (χ3n) is 5.95. The maximum absolute atomic E-state index is 12.8. The van der Waals surface area contributed by atoms with Crippen LogP contribution < -0.4 is 9.64 Å². The van der Waals surface area contributed by atoms with Crippen molar-refractivity contribution in [2.75, 3.05) is 18.2 Å². The van der Waals surface area contributed by atoms with E-state index in [9.17, 15) is 9.59 Å². The highest BCUT2D eigenvalue weighted by molar-refractivity contribution is 6.30. The Bertz CT molecular complexity index is 992. The van der Waals surface area contributed by atoms with E-state index >= 15 is 0 Å². The lowest BCUT2D eigenvalue weighted by molar-refractivity contribution is -0.149.